The first-order valence-electron chi connectivity index (χ1n) is 6.85. The van der Waals surface area contributed by atoms with E-state index in [1.807, 2.05) is 0 Å². The fourth-order valence-corrected chi connectivity index (χ4v) is 3.28. The number of halogens is 6. The molecular formula is C16H9Cl2F3IN3. The van der Waals surface area contributed by atoms with E-state index >= 15 is 0 Å². The third-order valence-corrected chi connectivity index (χ3v) is 4.57. The number of nitrogen functional groups attached to an aromatic ring is 1. The number of nitrogens with two attached hydrogens (primary N) is 1. The molecule has 0 spiro atoms. The number of alkyl halides is 3. The van der Waals surface area contributed by atoms with Crippen LogP contribution in [0, 0.1) is 3.57 Å². The highest BCUT2D eigenvalue weighted by molar-refractivity contribution is 14.1. The van der Waals surface area contributed by atoms with E-state index in [4.69, 9.17) is 28.9 Å². The van der Waals surface area contributed by atoms with Crippen LogP contribution in [-0.4, -0.2) is 9.78 Å². The third-order valence-electron chi connectivity index (χ3n) is 3.41. The Labute approximate surface area is 164 Å². The van der Waals surface area contributed by atoms with Crippen LogP contribution in [0.4, 0.5) is 19.0 Å². The van der Waals surface area contributed by atoms with E-state index in [0.717, 1.165) is 8.25 Å². The number of aromatic nitrogens is 2. The van der Waals surface area contributed by atoms with Gasteiger partial charge in [-0.25, -0.2) is 4.68 Å². The second kappa shape index (κ2) is 6.69. The summed E-state index contributed by atoms with van der Waals surface area (Å²) in [5.74, 6) is -0.146. The van der Waals surface area contributed by atoms with Crippen molar-refractivity contribution < 1.29 is 13.2 Å². The van der Waals surface area contributed by atoms with Crippen LogP contribution in [0.1, 0.15) is 5.69 Å². The Balaban J connectivity index is 2.28. The van der Waals surface area contributed by atoms with Crippen molar-refractivity contribution in [3.63, 3.8) is 0 Å². The topological polar surface area (TPSA) is 43.8 Å². The molecule has 0 aliphatic carbocycles. The molecule has 0 radical (unpaired) electrons. The van der Waals surface area contributed by atoms with Gasteiger partial charge in [0.2, 0.25) is 0 Å². The van der Waals surface area contributed by atoms with Gasteiger partial charge in [0.05, 0.1) is 11.3 Å². The number of rotatable bonds is 2. The van der Waals surface area contributed by atoms with Crippen LogP contribution >= 0.6 is 45.8 Å². The van der Waals surface area contributed by atoms with Crippen LogP contribution in [0.2, 0.25) is 10.0 Å². The summed E-state index contributed by atoms with van der Waals surface area (Å²) in [6, 6.07) is 10.9. The summed E-state index contributed by atoms with van der Waals surface area (Å²) in [6.07, 6.45) is -4.69. The molecule has 0 aliphatic heterocycles. The van der Waals surface area contributed by atoms with Gasteiger partial charge in [0.25, 0.3) is 0 Å². The second-order valence-electron chi connectivity index (χ2n) is 5.15. The summed E-state index contributed by atoms with van der Waals surface area (Å²) in [5, 5.41) is 4.11. The first kappa shape index (κ1) is 18.3. The van der Waals surface area contributed by atoms with Crippen LogP contribution < -0.4 is 5.73 Å². The van der Waals surface area contributed by atoms with Crippen molar-refractivity contribution in [3.8, 4) is 16.8 Å². The molecule has 0 unspecified atom stereocenters. The number of anilines is 1. The number of hydrogen-bond donors (Lipinski definition) is 1. The van der Waals surface area contributed by atoms with Crippen molar-refractivity contribution >= 4 is 51.6 Å². The summed E-state index contributed by atoms with van der Waals surface area (Å²) in [7, 11) is 0. The normalized spacial score (nSPS) is 11.8. The zero-order valence-corrected chi connectivity index (χ0v) is 16.0. The van der Waals surface area contributed by atoms with Gasteiger partial charge in [-0.05, 0) is 70.6 Å². The van der Waals surface area contributed by atoms with E-state index in [2.05, 4.69) is 27.7 Å². The number of hydrogen-bond acceptors (Lipinski definition) is 2. The highest BCUT2D eigenvalue weighted by Crippen LogP contribution is 2.42. The SMILES string of the molecule is Nc1c(-c2cc(Cl)cc(Cl)c2)c(C(F)(F)F)nn1-c1ccc(I)cc1. The average Bonchev–Trinajstić information content (AvgIpc) is 2.85. The van der Waals surface area contributed by atoms with Gasteiger partial charge in [-0.15, -0.1) is 0 Å². The molecule has 1 heterocycles. The van der Waals surface area contributed by atoms with Crippen LogP contribution in [0.15, 0.2) is 42.5 Å². The molecule has 0 fully saturated rings. The van der Waals surface area contributed by atoms with Gasteiger partial charge in [-0.3, -0.25) is 0 Å². The van der Waals surface area contributed by atoms with E-state index in [0.29, 0.717) is 5.69 Å². The lowest BCUT2D eigenvalue weighted by atomic mass is 10.1. The fourth-order valence-electron chi connectivity index (χ4n) is 2.39. The Morgan fingerprint density at radius 3 is 2.08 bits per heavy atom. The predicted molar refractivity (Wildman–Crippen MR) is 101 cm³/mol. The van der Waals surface area contributed by atoms with Crippen LogP contribution in [0.5, 0.6) is 0 Å². The number of benzene rings is 2. The van der Waals surface area contributed by atoms with Gasteiger partial charge in [-0.1, -0.05) is 23.2 Å². The highest BCUT2D eigenvalue weighted by atomic mass is 127. The van der Waals surface area contributed by atoms with E-state index in [1.54, 1.807) is 24.3 Å². The van der Waals surface area contributed by atoms with Crippen molar-refractivity contribution in [1.29, 1.82) is 0 Å². The zero-order chi connectivity index (χ0) is 18.4. The first-order chi connectivity index (χ1) is 11.7. The molecule has 130 valence electrons. The first-order valence-corrected chi connectivity index (χ1v) is 8.68. The Morgan fingerprint density at radius 2 is 1.56 bits per heavy atom. The molecule has 0 bridgehead atoms. The van der Waals surface area contributed by atoms with E-state index < -0.39 is 11.9 Å². The van der Waals surface area contributed by atoms with Crippen molar-refractivity contribution in [1.82, 2.24) is 9.78 Å². The Kier molecular flexibility index (Phi) is 4.91. The monoisotopic (exact) mass is 497 g/mol. The third kappa shape index (κ3) is 3.73. The van der Waals surface area contributed by atoms with E-state index in [9.17, 15) is 13.2 Å². The molecule has 0 saturated carbocycles. The zero-order valence-electron chi connectivity index (χ0n) is 12.3. The molecule has 0 aliphatic rings. The molecule has 2 N–H and O–H groups in total. The molecule has 1 aromatic heterocycles. The molecule has 0 atom stereocenters. The van der Waals surface area contributed by atoms with Gasteiger partial charge in [0, 0.05) is 13.6 Å². The van der Waals surface area contributed by atoms with Gasteiger partial charge in [0.1, 0.15) is 5.82 Å². The molecule has 3 nitrogen and oxygen atoms in total. The minimum absolute atomic E-state index is 0.146. The van der Waals surface area contributed by atoms with Gasteiger partial charge in [-0.2, -0.15) is 18.3 Å². The molecular weight excluding hydrogens is 489 g/mol. The maximum Gasteiger partial charge on any atom is 0.435 e. The molecule has 2 aromatic carbocycles. The van der Waals surface area contributed by atoms with Gasteiger partial charge in [0.15, 0.2) is 5.69 Å². The predicted octanol–water partition coefficient (Wildman–Crippen LogP) is 6.05. The van der Waals surface area contributed by atoms with Crippen LogP contribution in [0.25, 0.3) is 16.8 Å². The van der Waals surface area contributed by atoms with Crippen molar-refractivity contribution in [2.75, 3.05) is 5.73 Å². The largest absolute Gasteiger partial charge is 0.435 e. The summed E-state index contributed by atoms with van der Waals surface area (Å²) in [4.78, 5) is 0. The van der Waals surface area contributed by atoms with Crippen molar-refractivity contribution in [2.45, 2.75) is 6.18 Å². The lowest BCUT2D eigenvalue weighted by Crippen LogP contribution is -2.08. The quantitative estimate of drug-likeness (QED) is 0.438. The average molecular weight is 498 g/mol. The Bertz CT molecular complexity index is 917. The van der Waals surface area contributed by atoms with Crippen LogP contribution in [0.3, 0.4) is 0 Å². The molecule has 3 rings (SSSR count). The van der Waals surface area contributed by atoms with Crippen molar-refractivity contribution in [3.05, 3.63) is 61.8 Å². The Morgan fingerprint density at radius 1 is 1.00 bits per heavy atom. The minimum Gasteiger partial charge on any atom is -0.383 e. The van der Waals surface area contributed by atoms with Crippen molar-refractivity contribution in [2.24, 2.45) is 0 Å². The standard InChI is InChI=1S/C16H9Cl2F3IN3/c17-9-5-8(6-10(18)7-9)13-14(16(19,20)21)24-25(15(13)23)12-3-1-11(22)2-4-12/h1-7H,23H2. The maximum atomic E-state index is 13.5. The molecule has 0 saturated heterocycles. The summed E-state index contributed by atoms with van der Waals surface area (Å²) in [5.41, 5.74) is 5.24. The minimum atomic E-state index is -4.69. The lowest BCUT2D eigenvalue weighted by Gasteiger charge is -2.08. The van der Waals surface area contributed by atoms with E-state index in [-0.39, 0.29) is 27.0 Å². The van der Waals surface area contributed by atoms with Gasteiger partial charge < -0.3 is 5.73 Å². The lowest BCUT2D eigenvalue weighted by molar-refractivity contribution is -0.140. The summed E-state index contributed by atoms with van der Waals surface area (Å²) >= 11 is 13.9. The van der Waals surface area contributed by atoms with Crippen LogP contribution in [-0.2, 0) is 6.18 Å². The maximum absolute atomic E-state index is 13.5. The fraction of sp³-hybridized carbons (Fsp3) is 0.0625. The van der Waals surface area contributed by atoms with E-state index in [1.165, 1.54) is 18.2 Å². The second-order valence-corrected chi connectivity index (χ2v) is 7.27. The molecule has 3 aromatic rings. The highest BCUT2D eigenvalue weighted by Gasteiger charge is 2.39. The Hall–Kier alpha value is -1.45. The molecule has 25 heavy (non-hydrogen) atoms. The summed E-state index contributed by atoms with van der Waals surface area (Å²) in [6.45, 7) is 0. The summed E-state index contributed by atoms with van der Waals surface area (Å²) < 4.78 is 42.5. The molecule has 0 amide bonds. The number of nitrogens with zero attached hydrogens (tertiary/aromatic N) is 2. The van der Waals surface area contributed by atoms with Gasteiger partial charge >= 0.3 is 6.18 Å². The molecule has 9 heteroatoms. The smallest absolute Gasteiger partial charge is 0.383 e.